The first-order valence-electron chi connectivity index (χ1n) is 6.46. The summed E-state index contributed by atoms with van der Waals surface area (Å²) in [4.78, 5) is 11.7. The second-order valence-electron chi connectivity index (χ2n) is 4.77. The normalized spacial score (nSPS) is 16.5. The van der Waals surface area contributed by atoms with E-state index in [1.165, 1.54) is 6.07 Å². The molecule has 0 bridgehead atoms. The number of hydrogen-bond acceptors (Lipinski definition) is 2. The maximum Gasteiger partial charge on any atom is 0.224 e. The molecule has 1 aliphatic rings. The average Bonchev–Trinajstić information content (AvgIpc) is 2.40. The Bertz CT molecular complexity index is 403. The Balaban J connectivity index is 1.76. The lowest BCUT2D eigenvalue weighted by molar-refractivity contribution is -0.120. The molecule has 0 atom stereocenters. The zero-order valence-electron chi connectivity index (χ0n) is 10.4. The van der Waals surface area contributed by atoms with Gasteiger partial charge in [-0.3, -0.25) is 4.79 Å². The van der Waals surface area contributed by atoms with E-state index in [1.54, 1.807) is 18.2 Å². The number of hydrogen-bond donors (Lipinski definition) is 2. The predicted molar refractivity (Wildman–Crippen MR) is 68.7 cm³/mol. The van der Waals surface area contributed by atoms with Crippen LogP contribution in [0.3, 0.4) is 0 Å². The second kappa shape index (κ2) is 6.50. The summed E-state index contributed by atoms with van der Waals surface area (Å²) in [6.45, 7) is 2.75. The summed E-state index contributed by atoms with van der Waals surface area (Å²) in [5.74, 6) is 0.143. The van der Waals surface area contributed by atoms with Gasteiger partial charge >= 0.3 is 0 Å². The van der Waals surface area contributed by atoms with Crippen molar-refractivity contribution in [1.82, 2.24) is 10.6 Å². The summed E-state index contributed by atoms with van der Waals surface area (Å²) in [7, 11) is 0. The lowest BCUT2D eigenvalue weighted by Gasteiger charge is -2.22. The van der Waals surface area contributed by atoms with Gasteiger partial charge in [-0.2, -0.15) is 0 Å². The monoisotopic (exact) mass is 250 g/mol. The van der Waals surface area contributed by atoms with E-state index in [2.05, 4.69) is 10.6 Å². The Morgan fingerprint density at radius 2 is 2.06 bits per heavy atom. The summed E-state index contributed by atoms with van der Waals surface area (Å²) < 4.78 is 13.4. The number of piperidine rings is 1. The topological polar surface area (TPSA) is 41.1 Å². The molecule has 1 amide bonds. The van der Waals surface area contributed by atoms with Crippen LogP contribution in [0.25, 0.3) is 0 Å². The summed E-state index contributed by atoms with van der Waals surface area (Å²) in [5.41, 5.74) is 0.459. The molecule has 1 aromatic rings. The van der Waals surface area contributed by atoms with Crippen LogP contribution in [-0.2, 0) is 11.2 Å². The highest BCUT2D eigenvalue weighted by molar-refractivity contribution is 5.78. The lowest BCUT2D eigenvalue weighted by atomic mass is 9.98. The quantitative estimate of drug-likeness (QED) is 0.850. The minimum absolute atomic E-state index is 0.0985. The first-order valence-corrected chi connectivity index (χ1v) is 6.46. The summed E-state index contributed by atoms with van der Waals surface area (Å²) in [6, 6.07) is 6.42. The summed E-state index contributed by atoms with van der Waals surface area (Å²) in [6.07, 6.45) is 2.32. The highest BCUT2D eigenvalue weighted by Crippen LogP contribution is 2.10. The van der Waals surface area contributed by atoms with Gasteiger partial charge in [0.15, 0.2) is 0 Å². The molecule has 0 spiro atoms. The predicted octanol–water partition coefficient (Wildman–Crippen LogP) is 1.48. The van der Waals surface area contributed by atoms with Crippen LogP contribution in [0.2, 0.25) is 0 Å². The first kappa shape index (κ1) is 13.0. The molecule has 0 aliphatic carbocycles. The fourth-order valence-electron chi connectivity index (χ4n) is 2.22. The fourth-order valence-corrected chi connectivity index (χ4v) is 2.22. The lowest BCUT2D eigenvalue weighted by Crippen LogP contribution is -2.36. The van der Waals surface area contributed by atoms with Gasteiger partial charge in [-0.25, -0.2) is 4.39 Å². The van der Waals surface area contributed by atoms with Crippen LogP contribution in [0.1, 0.15) is 18.4 Å². The molecular formula is C14H19FN2O. The molecular weight excluding hydrogens is 231 g/mol. The zero-order valence-corrected chi connectivity index (χ0v) is 10.4. The number of halogens is 1. The Kier molecular flexibility index (Phi) is 4.70. The third-order valence-corrected chi connectivity index (χ3v) is 3.36. The first-order chi connectivity index (χ1) is 8.75. The molecule has 1 aromatic carbocycles. The van der Waals surface area contributed by atoms with E-state index in [0.29, 0.717) is 18.0 Å². The van der Waals surface area contributed by atoms with E-state index in [9.17, 15) is 9.18 Å². The maximum absolute atomic E-state index is 13.4. The van der Waals surface area contributed by atoms with Gasteiger partial charge in [0.05, 0.1) is 6.42 Å². The SMILES string of the molecule is O=C(Cc1ccccc1F)NCC1CCNCC1. The van der Waals surface area contributed by atoms with Crippen LogP contribution < -0.4 is 10.6 Å². The largest absolute Gasteiger partial charge is 0.356 e. The standard InChI is InChI=1S/C14H19FN2O/c15-13-4-2-1-3-12(13)9-14(18)17-10-11-5-7-16-8-6-11/h1-4,11,16H,5-10H2,(H,17,18). The molecule has 1 heterocycles. The van der Waals surface area contributed by atoms with Crippen LogP contribution >= 0.6 is 0 Å². The van der Waals surface area contributed by atoms with Gasteiger partial charge in [0.1, 0.15) is 5.82 Å². The Hall–Kier alpha value is -1.42. The van der Waals surface area contributed by atoms with Crippen LogP contribution in [-0.4, -0.2) is 25.5 Å². The van der Waals surface area contributed by atoms with Crippen molar-refractivity contribution in [1.29, 1.82) is 0 Å². The fraction of sp³-hybridized carbons (Fsp3) is 0.500. The average molecular weight is 250 g/mol. The van der Waals surface area contributed by atoms with Crippen LogP contribution in [0.4, 0.5) is 4.39 Å². The minimum atomic E-state index is -0.311. The van der Waals surface area contributed by atoms with Gasteiger partial charge in [0.25, 0.3) is 0 Å². The van der Waals surface area contributed by atoms with Gasteiger partial charge in [-0.15, -0.1) is 0 Å². The van der Waals surface area contributed by atoms with Crippen molar-refractivity contribution in [2.24, 2.45) is 5.92 Å². The zero-order chi connectivity index (χ0) is 12.8. The minimum Gasteiger partial charge on any atom is -0.356 e. The molecule has 0 aromatic heterocycles. The molecule has 1 aliphatic heterocycles. The van der Waals surface area contributed by atoms with Crippen molar-refractivity contribution in [2.75, 3.05) is 19.6 Å². The number of benzene rings is 1. The van der Waals surface area contributed by atoms with Gasteiger partial charge in [-0.1, -0.05) is 18.2 Å². The van der Waals surface area contributed by atoms with E-state index in [1.807, 2.05) is 0 Å². The molecule has 3 nitrogen and oxygen atoms in total. The second-order valence-corrected chi connectivity index (χ2v) is 4.77. The van der Waals surface area contributed by atoms with Crippen LogP contribution in [0.5, 0.6) is 0 Å². The molecule has 2 N–H and O–H groups in total. The van der Waals surface area contributed by atoms with Crippen LogP contribution in [0.15, 0.2) is 24.3 Å². The van der Waals surface area contributed by atoms with Crippen molar-refractivity contribution in [3.8, 4) is 0 Å². The van der Waals surface area contributed by atoms with E-state index in [-0.39, 0.29) is 18.1 Å². The van der Waals surface area contributed by atoms with Crippen LogP contribution in [0, 0.1) is 11.7 Å². The molecule has 0 saturated carbocycles. The Labute approximate surface area is 107 Å². The molecule has 98 valence electrons. The van der Waals surface area contributed by atoms with Gasteiger partial charge in [0.2, 0.25) is 5.91 Å². The number of rotatable bonds is 4. The molecule has 0 radical (unpaired) electrons. The maximum atomic E-state index is 13.4. The third-order valence-electron chi connectivity index (χ3n) is 3.36. The number of carbonyl (C=O) groups excluding carboxylic acids is 1. The van der Waals surface area contributed by atoms with Crippen molar-refractivity contribution in [2.45, 2.75) is 19.3 Å². The van der Waals surface area contributed by atoms with E-state index < -0.39 is 0 Å². The highest BCUT2D eigenvalue weighted by Gasteiger charge is 2.14. The van der Waals surface area contributed by atoms with Gasteiger partial charge in [-0.05, 0) is 43.5 Å². The molecule has 1 fully saturated rings. The molecule has 0 unspecified atom stereocenters. The molecule has 4 heteroatoms. The van der Waals surface area contributed by atoms with Crippen molar-refractivity contribution in [3.63, 3.8) is 0 Å². The number of nitrogens with one attached hydrogen (secondary N) is 2. The van der Waals surface area contributed by atoms with E-state index in [4.69, 9.17) is 0 Å². The molecule has 1 saturated heterocycles. The van der Waals surface area contributed by atoms with Gasteiger partial charge in [0, 0.05) is 6.54 Å². The highest BCUT2D eigenvalue weighted by atomic mass is 19.1. The van der Waals surface area contributed by atoms with E-state index in [0.717, 1.165) is 25.9 Å². The number of amides is 1. The summed E-state index contributed by atoms with van der Waals surface area (Å²) >= 11 is 0. The summed E-state index contributed by atoms with van der Waals surface area (Å²) in [5, 5.41) is 6.18. The van der Waals surface area contributed by atoms with Crippen molar-refractivity contribution >= 4 is 5.91 Å². The van der Waals surface area contributed by atoms with Crippen molar-refractivity contribution < 1.29 is 9.18 Å². The van der Waals surface area contributed by atoms with Crippen molar-refractivity contribution in [3.05, 3.63) is 35.6 Å². The smallest absolute Gasteiger partial charge is 0.224 e. The van der Waals surface area contributed by atoms with Gasteiger partial charge < -0.3 is 10.6 Å². The Morgan fingerprint density at radius 1 is 1.33 bits per heavy atom. The number of carbonyl (C=O) groups is 1. The third kappa shape index (κ3) is 3.81. The molecule has 18 heavy (non-hydrogen) atoms. The van der Waals surface area contributed by atoms with E-state index >= 15 is 0 Å². The molecule has 2 rings (SSSR count). The Morgan fingerprint density at radius 3 is 2.78 bits per heavy atom.